The van der Waals surface area contributed by atoms with Gasteiger partial charge in [-0.1, -0.05) is 73.8 Å². The van der Waals surface area contributed by atoms with Gasteiger partial charge in [-0.25, -0.2) is 0 Å². The second-order valence-electron chi connectivity index (χ2n) is 6.08. The molecule has 0 saturated carbocycles. The van der Waals surface area contributed by atoms with Crippen molar-refractivity contribution in [2.24, 2.45) is 0 Å². The van der Waals surface area contributed by atoms with Crippen LogP contribution in [-0.2, 0) is 6.61 Å². The van der Waals surface area contributed by atoms with Crippen LogP contribution in [0.4, 0.5) is 0 Å². The third-order valence-electron chi connectivity index (χ3n) is 4.20. The van der Waals surface area contributed by atoms with Crippen LogP contribution in [0.25, 0.3) is 11.6 Å². The molecule has 146 valence electrons. The number of hydrogen-bond acceptors (Lipinski definition) is 3. The fourth-order valence-corrected chi connectivity index (χ4v) is 3.56. The minimum Gasteiger partial charge on any atom is -0.493 e. The lowest BCUT2D eigenvalue weighted by Crippen LogP contribution is -1.99. The normalized spacial score (nSPS) is 11.1. The van der Waals surface area contributed by atoms with E-state index in [1.807, 2.05) is 66.7 Å². The van der Waals surface area contributed by atoms with Gasteiger partial charge in [0.2, 0.25) is 0 Å². The number of nitriles is 1. The number of nitrogens with zero attached hydrogens (tertiary/aromatic N) is 1. The van der Waals surface area contributed by atoms with Crippen molar-refractivity contribution in [1.29, 1.82) is 5.26 Å². The Balaban J connectivity index is 1.90. The van der Waals surface area contributed by atoms with Gasteiger partial charge in [-0.2, -0.15) is 5.26 Å². The van der Waals surface area contributed by atoms with Crippen molar-refractivity contribution in [3.05, 3.63) is 91.3 Å². The van der Waals surface area contributed by atoms with E-state index in [4.69, 9.17) is 21.1 Å². The average Bonchev–Trinajstić information content (AvgIpc) is 2.73. The van der Waals surface area contributed by atoms with Crippen molar-refractivity contribution in [3.8, 4) is 17.6 Å². The Kier molecular flexibility index (Phi) is 7.38. The lowest BCUT2D eigenvalue weighted by atomic mass is 10.0. The summed E-state index contributed by atoms with van der Waals surface area (Å²) in [4.78, 5) is 0. The van der Waals surface area contributed by atoms with Gasteiger partial charge in [-0.05, 0) is 47.5 Å². The summed E-state index contributed by atoms with van der Waals surface area (Å²) >= 11 is 13.2. The molecule has 0 bridgehead atoms. The molecule has 0 heterocycles. The Morgan fingerprint density at radius 1 is 1.07 bits per heavy atom. The van der Waals surface area contributed by atoms with Gasteiger partial charge in [0.25, 0.3) is 0 Å². The molecular formula is C23H16Br2ClNO2. The molecule has 0 fully saturated rings. The zero-order valence-corrected chi connectivity index (χ0v) is 19.4. The molecule has 0 atom stereocenters. The van der Waals surface area contributed by atoms with E-state index in [1.54, 1.807) is 7.11 Å². The number of methoxy groups -OCH3 is 1. The summed E-state index contributed by atoms with van der Waals surface area (Å²) in [5.74, 6) is 1.15. The minimum absolute atomic E-state index is 0.319. The van der Waals surface area contributed by atoms with E-state index < -0.39 is 0 Å². The van der Waals surface area contributed by atoms with E-state index in [9.17, 15) is 5.26 Å². The highest BCUT2D eigenvalue weighted by Gasteiger charge is 2.12. The summed E-state index contributed by atoms with van der Waals surface area (Å²) in [6.45, 7) is 0.319. The first kappa shape index (κ1) is 21.4. The van der Waals surface area contributed by atoms with E-state index in [1.165, 1.54) is 0 Å². The highest BCUT2D eigenvalue weighted by Crippen LogP contribution is 2.36. The minimum atomic E-state index is 0.319. The number of halogens is 3. The highest BCUT2D eigenvalue weighted by molar-refractivity contribution is 9.10. The molecule has 0 N–H and O–H groups in total. The Bertz CT molecular complexity index is 1090. The number of allylic oxidation sites excluding steroid dienone is 1. The highest BCUT2D eigenvalue weighted by atomic mass is 79.9. The fraction of sp³-hybridized carbons (Fsp3) is 0.0870. The number of hydrogen-bond donors (Lipinski definition) is 0. The standard InChI is InChI=1S/C23H16Br2ClNO2/c1-28-22-11-17(10-18(13-27)15-6-8-19(24)9-7-15)20(25)12-23(22)29-14-16-4-2-3-5-21(16)26/h2-12H,14H2,1H3. The molecule has 29 heavy (non-hydrogen) atoms. The van der Waals surface area contributed by atoms with Gasteiger partial charge < -0.3 is 9.47 Å². The molecule has 0 amide bonds. The van der Waals surface area contributed by atoms with Gasteiger partial charge in [0.1, 0.15) is 6.61 Å². The van der Waals surface area contributed by atoms with Gasteiger partial charge in [-0.3, -0.25) is 0 Å². The van der Waals surface area contributed by atoms with E-state index in [0.717, 1.165) is 25.6 Å². The zero-order chi connectivity index (χ0) is 20.8. The maximum absolute atomic E-state index is 9.60. The Morgan fingerprint density at radius 3 is 2.45 bits per heavy atom. The second-order valence-corrected chi connectivity index (χ2v) is 8.26. The van der Waals surface area contributed by atoms with E-state index in [2.05, 4.69) is 37.9 Å². The smallest absolute Gasteiger partial charge is 0.162 e. The molecule has 3 aromatic carbocycles. The van der Waals surface area contributed by atoms with Crippen molar-refractivity contribution >= 4 is 55.1 Å². The fourth-order valence-electron chi connectivity index (χ4n) is 2.67. The second kappa shape index (κ2) is 9.98. The summed E-state index contributed by atoms with van der Waals surface area (Å²) < 4.78 is 13.2. The van der Waals surface area contributed by atoms with Gasteiger partial charge in [0.05, 0.1) is 18.8 Å². The quantitative estimate of drug-likeness (QED) is 0.243. The maximum Gasteiger partial charge on any atom is 0.162 e. The van der Waals surface area contributed by atoms with Crippen LogP contribution in [0.2, 0.25) is 5.02 Å². The van der Waals surface area contributed by atoms with Crippen LogP contribution in [0.1, 0.15) is 16.7 Å². The van der Waals surface area contributed by atoms with Crippen LogP contribution in [-0.4, -0.2) is 7.11 Å². The molecule has 3 nitrogen and oxygen atoms in total. The predicted octanol–water partition coefficient (Wildman–Crippen LogP) is 7.52. The van der Waals surface area contributed by atoms with Gasteiger partial charge in [0.15, 0.2) is 11.5 Å². The number of ether oxygens (including phenoxy) is 2. The van der Waals surface area contributed by atoms with E-state index in [0.29, 0.717) is 28.7 Å². The maximum atomic E-state index is 9.60. The van der Waals surface area contributed by atoms with Crippen molar-refractivity contribution in [2.45, 2.75) is 6.61 Å². The van der Waals surface area contributed by atoms with Crippen LogP contribution in [0.15, 0.2) is 69.6 Å². The summed E-state index contributed by atoms with van der Waals surface area (Å²) in [5, 5.41) is 10.3. The molecule has 6 heteroatoms. The Hall–Kier alpha value is -2.26. The van der Waals surface area contributed by atoms with Crippen LogP contribution >= 0.6 is 43.5 Å². The first-order valence-electron chi connectivity index (χ1n) is 8.63. The van der Waals surface area contributed by atoms with Crippen molar-refractivity contribution in [1.82, 2.24) is 0 Å². The van der Waals surface area contributed by atoms with Gasteiger partial charge in [0, 0.05) is 19.5 Å². The molecule has 0 saturated heterocycles. The molecule has 0 radical (unpaired) electrons. The van der Waals surface area contributed by atoms with Crippen LogP contribution in [0.5, 0.6) is 11.5 Å². The molecule has 0 unspecified atom stereocenters. The lowest BCUT2D eigenvalue weighted by Gasteiger charge is -2.14. The summed E-state index contributed by atoms with van der Waals surface area (Å²) in [7, 11) is 1.58. The molecule has 0 aliphatic heterocycles. The molecular weight excluding hydrogens is 518 g/mol. The van der Waals surface area contributed by atoms with Crippen molar-refractivity contribution < 1.29 is 9.47 Å². The van der Waals surface area contributed by atoms with E-state index >= 15 is 0 Å². The molecule has 0 aliphatic carbocycles. The largest absolute Gasteiger partial charge is 0.493 e. The monoisotopic (exact) mass is 531 g/mol. The topological polar surface area (TPSA) is 42.2 Å². The molecule has 0 aromatic heterocycles. The number of rotatable bonds is 6. The number of benzene rings is 3. The van der Waals surface area contributed by atoms with E-state index in [-0.39, 0.29) is 0 Å². The molecule has 0 aliphatic rings. The van der Waals surface area contributed by atoms with Gasteiger partial charge >= 0.3 is 0 Å². The summed E-state index contributed by atoms with van der Waals surface area (Å²) in [6, 6.07) is 21.1. The SMILES string of the molecule is COc1cc(C=C(C#N)c2ccc(Br)cc2)c(Br)cc1OCc1ccccc1Cl. The van der Waals surface area contributed by atoms with Crippen LogP contribution in [0, 0.1) is 11.3 Å². The lowest BCUT2D eigenvalue weighted by molar-refractivity contribution is 0.284. The third kappa shape index (κ3) is 5.42. The predicted molar refractivity (Wildman–Crippen MR) is 124 cm³/mol. The van der Waals surface area contributed by atoms with Crippen molar-refractivity contribution in [2.75, 3.05) is 7.11 Å². The van der Waals surface area contributed by atoms with Crippen LogP contribution < -0.4 is 9.47 Å². The Morgan fingerprint density at radius 2 is 1.79 bits per heavy atom. The van der Waals surface area contributed by atoms with Crippen molar-refractivity contribution in [3.63, 3.8) is 0 Å². The molecule has 3 aromatic rings. The first-order chi connectivity index (χ1) is 14.0. The molecule has 0 spiro atoms. The zero-order valence-electron chi connectivity index (χ0n) is 15.5. The summed E-state index contributed by atoms with van der Waals surface area (Å²) in [6.07, 6.45) is 1.81. The van der Waals surface area contributed by atoms with Gasteiger partial charge in [-0.15, -0.1) is 0 Å². The van der Waals surface area contributed by atoms with Crippen LogP contribution in [0.3, 0.4) is 0 Å². The average molecular weight is 534 g/mol. The summed E-state index contributed by atoms with van der Waals surface area (Å²) in [5.41, 5.74) is 3.08. The molecule has 3 rings (SSSR count). The third-order valence-corrected chi connectivity index (χ3v) is 5.78. The first-order valence-corrected chi connectivity index (χ1v) is 10.6. The Labute approximate surface area is 191 Å².